The van der Waals surface area contributed by atoms with Gasteiger partial charge in [0.05, 0.1) is 13.2 Å². The minimum Gasteiger partial charge on any atom is -0.468 e. The van der Waals surface area contributed by atoms with Crippen molar-refractivity contribution in [1.29, 1.82) is 0 Å². The van der Waals surface area contributed by atoms with E-state index in [1.54, 1.807) is 24.3 Å². The molecule has 1 aromatic carbocycles. The lowest BCUT2D eigenvalue weighted by Crippen LogP contribution is -2.35. The number of carbonyl (C=O) groups is 2. The first-order valence-electron chi connectivity index (χ1n) is 6.65. The molecule has 0 atom stereocenters. The Morgan fingerprint density at radius 2 is 1.91 bits per heavy atom. The van der Waals surface area contributed by atoms with Crippen LogP contribution in [0.2, 0.25) is 0 Å². The van der Waals surface area contributed by atoms with Gasteiger partial charge in [-0.1, -0.05) is 30.3 Å². The highest BCUT2D eigenvalue weighted by atomic mass is 16.6. The van der Waals surface area contributed by atoms with Crippen LogP contribution in [0.5, 0.6) is 0 Å². The fourth-order valence-electron chi connectivity index (χ4n) is 1.92. The Morgan fingerprint density at radius 3 is 2.48 bits per heavy atom. The van der Waals surface area contributed by atoms with Crippen molar-refractivity contribution in [2.24, 2.45) is 0 Å². The lowest BCUT2D eigenvalue weighted by molar-refractivity contribution is -0.402. The summed E-state index contributed by atoms with van der Waals surface area (Å²) in [6, 6.07) is 11.3. The number of ether oxygens (including phenoxy) is 1. The summed E-state index contributed by atoms with van der Waals surface area (Å²) in [7, 11) is 1.21. The van der Waals surface area contributed by atoms with E-state index in [2.05, 4.69) is 4.74 Å². The molecule has 0 N–H and O–H groups in total. The Kier molecular flexibility index (Phi) is 5.08. The molecular formula is C15H14N2O6. The summed E-state index contributed by atoms with van der Waals surface area (Å²) in [6.07, 6.45) is 0. The summed E-state index contributed by atoms with van der Waals surface area (Å²) in [5.74, 6) is -1.98. The smallest absolute Gasteiger partial charge is 0.433 e. The van der Waals surface area contributed by atoms with E-state index in [0.29, 0.717) is 0 Å². The van der Waals surface area contributed by atoms with Crippen molar-refractivity contribution in [1.82, 2.24) is 4.90 Å². The molecule has 0 saturated heterocycles. The molecule has 2 aromatic rings. The van der Waals surface area contributed by atoms with Gasteiger partial charge in [0.2, 0.25) is 0 Å². The summed E-state index contributed by atoms with van der Waals surface area (Å²) in [4.78, 5) is 35.0. The van der Waals surface area contributed by atoms with Gasteiger partial charge in [-0.3, -0.25) is 19.7 Å². The second-order valence-corrected chi connectivity index (χ2v) is 4.62. The predicted molar refractivity (Wildman–Crippen MR) is 78.6 cm³/mol. The molecule has 23 heavy (non-hydrogen) atoms. The molecule has 2 rings (SSSR count). The van der Waals surface area contributed by atoms with Crippen molar-refractivity contribution in [2.45, 2.75) is 6.54 Å². The van der Waals surface area contributed by atoms with Crippen LogP contribution in [0.15, 0.2) is 46.9 Å². The van der Waals surface area contributed by atoms with E-state index in [0.717, 1.165) is 11.6 Å². The lowest BCUT2D eigenvalue weighted by atomic mass is 10.2. The van der Waals surface area contributed by atoms with E-state index in [4.69, 9.17) is 4.42 Å². The molecule has 8 nitrogen and oxygen atoms in total. The normalized spacial score (nSPS) is 10.1. The second kappa shape index (κ2) is 7.21. The van der Waals surface area contributed by atoms with Crippen LogP contribution >= 0.6 is 0 Å². The molecule has 120 valence electrons. The lowest BCUT2D eigenvalue weighted by Gasteiger charge is -2.20. The summed E-state index contributed by atoms with van der Waals surface area (Å²) in [5.41, 5.74) is 0.797. The monoisotopic (exact) mass is 318 g/mol. The van der Waals surface area contributed by atoms with Gasteiger partial charge < -0.3 is 14.1 Å². The third-order valence-corrected chi connectivity index (χ3v) is 3.03. The van der Waals surface area contributed by atoms with Crippen molar-refractivity contribution in [2.75, 3.05) is 13.7 Å². The van der Waals surface area contributed by atoms with E-state index >= 15 is 0 Å². The number of nitrogens with zero attached hydrogens (tertiary/aromatic N) is 2. The zero-order valence-corrected chi connectivity index (χ0v) is 12.3. The number of furan rings is 1. The fraction of sp³-hybridized carbons (Fsp3) is 0.200. The Balaban J connectivity index is 2.22. The zero-order valence-electron chi connectivity index (χ0n) is 12.3. The minimum atomic E-state index is -0.737. The first-order valence-corrected chi connectivity index (χ1v) is 6.65. The number of esters is 1. The third-order valence-electron chi connectivity index (χ3n) is 3.03. The summed E-state index contributed by atoms with van der Waals surface area (Å²) < 4.78 is 9.47. The topological polar surface area (TPSA) is 103 Å². The molecule has 0 aliphatic rings. The molecule has 1 amide bonds. The Bertz CT molecular complexity index is 710. The van der Waals surface area contributed by atoms with Crippen LogP contribution in [0.3, 0.4) is 0 Å². The van der Waals surface area contributed by atoms with Gasteiger partial charge in [0.15, 0.2) is 5.76 Å². The average molecular weight is 318 g/mol. The van der Waals surface area contributed by atoms with Gasteiger partial charge >= 0.3 is 11.9 Å². The van der Waals surface area contributed by atoms with Gasteiger partial charge in [-0.05, 0) is 11.6 Å². The Hall–Kier alpha value is -3.16. The summed E-state index contributed by atoms with van der Waals surface area (Å²) in [5, 5.41) is 10.6. The van der Waals surface area contributed by atoms with Gasteiger partial charge in [0.25, 0.3) is 5.91 Å². The van der Waals surface area contributed by atoms with E-state index in [1.807, 2.05) is 6.07 Å². The number of nitro groups is 1. The maximum atomic E-state index is 12.4. The second-order valence-electron chi connectivity index (χ2n) is 4.62. The molecule has 0 fully saturated rings. The van der Waals surface area contributed by atoms with Crippen molar-refractivity contribution >= 4 is 17.8 Å². The molecule has 1 heterocycles. The highest BCUT2D eigenvalue weighted by molar-refractivity contribution is 5.93. The van der Waals surface area contributed by atoms with E-state index in [9.17, 15) is 19.7 Å². The quantitative estimate of drug-likeness (QED) is 0.458. The van der Waals surface area contributed by atoms with Crippen LogP contribution in [0.25, 0.3) is 0 Å². The Labute approximate surface area is 131 Å². The van der Waals surface area contributed by atoms with Gasteiger partial charge in [-0.25, -0.2) is 0 Å². The summed E-state index contributed by atoms with van der Waals surface area (Å²) >= 11 is 0. The third kappa shape index (κ3) is 4.16. The van der Waals surface area contributed by atoms with Gasteiger partial charge in [0, 0.05) is 6.54 Å². The molecule has 0 bridgehead atoms. The number of carbonyl (C=O) groups excluding carboxylic acids is 2. The molecule has 0 unspecified atom stereocenters. The minimum absolute atomic E-state index is 0.142. The van der Waals surface area contributed by atoms with Crippen LogP contribution in [-0.4, -0.2) is 35.4 Å². The first kappa shape index (κ1) is 16.2. The molecule has 1 aromatic heterocycles. The molecule has 0 saturated carbocycles. The average Bonchev–Trinajstić information content (AvgIpc) is 3.04. The van der Waals surface area contributed by atoms with Crippen molar-refractivity contribution in [3.8, 4) is 0 Å². The van der Waals surface area contributed by atoms with Crippen molar-refractivity contribution in [3.63, 3.8) is 0 Å². The van der Waals surface area contributed by atoms with Gasteiger partial charge in [0.1, 0.15) is 11.5 Å². The molecule has 0 aliphatic heterocycles. The molecule has 0 spiro atoms. The van der Waals surface area contributed by atoms with Crippen molar-refractivity contribution < 1.29 is 23.7 Å². The predicted octanol–water partition coefficient (Wildman–Crippen LogP) is 2.00. The maximum Gasteiger partial charge on any atom is 0.433 e. The number of rotatable bonds is 6. The van der Waals surface area contributed by atoms with E-state index < -0.39 is 22.7 Å². The maximum absolute atomic E-state index is 12.4. The number of benzene rings is 1. The number of hydrogen-bond donors (Lipinski definition) is 0. The van der Waals surface area contributed by atoms with Crippen LogP contribution in [0.1, 0.15) is 16.1 Å². The van der Waals surface area contributed by atoms with E-state index in [1.165, 1.54) is 18.1 Å². The zero-order chi connectivity index (χ0) is 16.8. The number of hydrogen-bond acceptors (Lipinski definition) is 6. The van der Waals surface area contributed by atoms with Crippen LogP contribution in [0.4, 0.5) is 5.88 Å². The van der Waals surface area contributed by atoms with Crippen molar-refractivity contribution in [3.05, 3.63) is 63.9 Å². The van der Waals surface area contributed by atoms with Gasteiger partial charge in [-0.15, -0.1) is 0 Å². The van der Waals surface area contributed by atoms with Crippen LogP contribution < -0.4 is 0 Å². The highest BCUT2D eigenvalue weighted by Crippen LogP contribution is 2.18. The molecule has 0 radical (unpaired) electrons. The Morgan fingerprint density at radius 1 is 1.22 bits per heavy atom. The largest absolute Gasteiger partial charge is 0.468 e. The molecular weight excluding hydrogens is 304 g/mol. The summed E-state index contributed by atoms with van der Waals surface area (Å²) in [6.45, 7) is -0.151. The fourth-order valence-corrected chi connectivity index (χ4v) is 1.92. The van der Waals surface area contributed by atoms with Gasteiger partial charge in [-0.2, -0.15) is 0 Å². The SMILES string of the molecule is COC(=O)CN(Cc1ccccc1)C(=O)c1ccc([N+](=O)[O-])o1. The van der Waals surface area contributed by atoms with E-state index in [-0.39, 0.29) is 18.8 Å². The highest BCUT2D eigenvalue weighted by Gasteiger charge is 2.24. The molecule has 8 heteroatoms. The van der Waals surface area contributed by atoms with Crippen LogP contribution in [0, 0.1) is 10.1 Å². The molecule has 0 aliphatic carbocycles. The first-order chi connectivity index (χ1) is 11.0. The standard InChI is InChI=1S/C15H14N2O6/c1-22-14(18)10-16(9-11-5-3-2-4-6-11)15(19)12-7-8-13(23-12)17(20)21/h2-8H,9-10H2,1H3. The van der Waals surface area contributed by atoms with Crippen LogP contribution in [-0.2, 0) is 16.1 Å². The number of methoxy groups -OCH3 is 1. The number of amides is 1.